The maximum atomic E-state index is 5.32. The van der Waals surface area contributed by atoms with Crippen LogP contribution in [0, 0.1) is 6.92 Å². The lowest BCUT2D eigenvalue weighted by atomic mass is 10.1. The molecule has 1 aromatic heterocycles. The predicted octanol–water partition coefficient (Wildman–Crippen LogP) is 3.65. The zero-order valence-corrected chi connectivity index (χ0v) is 15.3. The summed E-state index contributed by atoms with van der Waals surface area (Å²) in [6.07, 6.45) is 3.49. The van der Waals surface area contributed by atoms with Gasteiger partial charge in [0.25, 0.3) is 0 Å². The Morgan fingerprint density at radius 2 is 1.70 bits per heavy atom. The molecule has 1 heterocycles. The van der Waals surface area contributed by atoms with Crippen molar-refractivity contribution in [2.45, 2.75) is 6.92 Å². The first-order valence-electron chi connectivity index (χ1n) is 8.48. The lowest BCUT2D eigenvalue weighted by Gasteiger charge is -2.07. The minimum Gasteiger partial charge on any atom is -0.493 e. The highest BCUT2D eigenvalue weighted by molar-refractivity contribution is 6.23. The van der Waals surface area contributed by atoms with Gasteiger partial charge in [0, 0.05) is 22.9 Å². The Labute approximate surface area is 157 Å². The minimum atomic E-state index is 0.648. The third kappa shape index (κ3) is 3.06. The van der Waals surface area contributed by atoms with Gasteiger partial charge >= 0.3 is 0 Å². The second kappa shape index (κ2) is 6.99. The highest BCUT2D eigenvalue weighted by atomic mass is 16.5. The normalized spacial score (nSPS) is 13.7. The van der Waals surface area contributed by atoms with Crippen molar-refractivity contribution in [3.8, 4) is 22.8 Å². The number of aryl methyl sites for hydroxylation is 1. The summed E-state index contributed by atoms with van der Waals surface area (Å²) in [7, 11) is 3.21. The summed E-state index contributed by atoms with van der Waals surface area (Å²) in [4.78, 5) is 8.90. The summed E-state index contributed by atoms with van der Waals surface area (Å²) < 4.78 is 10.6. The summed E-state index contributed by atoms with van der Waals surface area (Å²) >= 11 is 0. The monoisotopic (exact) mass is 358 g/mol. The van der Waals surface area contributed by atoms with Crippen LogP contribution in [0.3, 0.4) is 0 Å². The number of fused-ring (bicyclic) bond motifs is 3. The topological polar surface area (TPSA) is 69.0 Å². The van der Waals surface area contributed by atoms with Crippen LogP contribution in [0.1, 0.15) is 22.5 Å². The third-order valence-corrected chi connectivity index (χ3v) is 4.37. The summed E-state index contributed by atoms with van der Waals surface area (Å²) in [5.74, 6) is 2.06. The molecule has 6 nitrogen and oxygen atoms in total. The lowest BCUT2D eigenvalue weighted by Crippen LogP contribution is -2.00. The van der Waals surface area contributed by atoms with E-state index < -0.39 is 0 Å². The molecule has 1 aliphatic carbocycles. The van der Waals surface area contributed by atoms with Gasteiger partial charge in [-0.3, -0.25) is 0 Å². The van der Waals surface area contributed by atoms with Crippen LogP contribution in [0.25, 0.3) is 11.3 Å². The Morgan fingerprint density at radius 3 is 2.48 bits per heavy atom. The number of aromatic nitrogens is 2. The molecule has 4 rings (SSSR count). The van der Waals surface area contributed by atoms with E-state index in [2.05, 4.69) is 20.2 Å². The van der Waals surface area contributed by atoms with Crippen LogP contribution in [-0.4, -0.2) is 36.1 Å². The average molecular weight is 358 g/mol. The van der Waals surface area contributed by atoms with E-state index in [0.29, 0.717) is 11.5 Å². The van der Waals surface area contributed by atoms with Crippen molar-refractivity contribution in [2.75, 3.05) is 14.2 Å². The predicted molar refractivity (Wildman–Crippen MR) is 105 cm³/mol. The molecular formula is C21H18N4O2. The van der Waals surface area contributed by atoms with Crippen LogP contribution in [0.4, 0.5) is 0 Å². The molecule has 0 spiro atoms. The lowest BCUT2D eigenvalue weighted by molar-refractivity contribution is 0.355. The van der Waals surface area contributed by atoms with Crippen molar-refractivity contribution in [1.29, 1.82) is 0 Å². The van der Waals surface area contributed by atoms with Crippen molar-refractivity contribution in [3.05, 3.63) is 71.2 Å². The van der Waals surface area contributed by atoms with Crippen LogP contribution in [0.15, 0.2) is 58.9 Å². The molecule has 1 aliphatic rings. The number of benzene rings is 2. The molecule has 0 bridgehead atoms. The molecule has 0 fully saturated rings. The molecule has 27 heavy (non-hydrogen) atoms. The van der Waals surface area contributed by atoms with E-state index in [0.717, 1.165) is 39.5 Å². The number of hydrogen-bond donors (Lipinski definition) is 0. The Bertz CT molecular complexity index is 1070. The zero-order valence-electron chi connectivity index (χ0n) is 15.3. The number of nitrogens with zero attached hydrogens (tertiary/aromatic N) is 4. The van der Waals surface area contributed by atoms with E-state index in [-0.39, 0.29) is 0 Å². The van der Waals surface area contributed by atoms with Gasteiger partial charge in [-0.05, 0) is 30.7 Å². The van der Waals surface area contributed by atoms with Gasteiger partial charge in [-0.25, -0.2) is 9.97 Å². The summed E-state index contributed by atoms with van der Waals surface area (Å²) in [6, 6.07) is 13.6. The molecule has 0 unspecified atom stereocenters. The van der Waals surface area contributed by atoms with E-state index in [1.807, 2.05) is 55.6 Å². The van der Waals surface area contributed by atoms with E-state index in [1.165, 1.54) is 0 Å². The second-order valence-corrected chi connectivity index (χ2v) is 6.03. The molecule has 0 saturated heterocycles. The molecule has 134 valence electrons. The Kier molecular flexibility index (Phi) is 4.38. The van der Waals surface area contributed by atoms with Crippen LogP contribution in [0.2, 0.25) is 0 Å². The highest BCUT2D eigenvalue weighted by Crippen LogP contribution is 2.35. The first-order valence-corrected chi connectivity index (χ1v) is 8.48. The SMILES string of the molecule is COc1ccc(/C=N/N=C2/c3ccccc3-c3nc(C)ncc32)cc1OC. The maximum absolute atomic E-state index is 5.32. The molecule has 0 saturated carbocycles. The largest absolute Gasteiger partial charge is 0.493 e. The quantitative estimate of drug-likeness (QED) is 0.412. The molecular weight excluding hydrogens is 340 g/mol. The van der Waals surface area contributed by atoms with E-state index in [1.54, 1.807) is 20.4 Å². The van der Waals surface area contributed by atoms with Gasteiger partial charge in [-0.2, -0.15) is 5.10 Å². The summed E-state index contributed by atoms with van der Waals surface area (Å²) in [5, 5.41) is 8.75. The minimum absolute atomic E-state index is 0.648. The van der Waals surface area contributed by atoms with Crippen molar-refractivity contribution in [2.24, 2.45) is 10.2 Å². The Balaban J connectivity index is 1.72. The Hall–Kier alpha value is -3.54. The van der Waals surface area contributed by atoms with Gasteiger partial charge in [0.1, 0.15) is 11.5 Å². The molecule has 2 aromatic carbocycles. The molecule has 0 radical (unpaired) electrons. The van der Waals surface area contributed by atoms with Crippen molar-refractivity contribution < 1.29 is 9.47 Å². The van der Waals surface area contributed by atoms with Gasteiger partial charge in [-0.1, -0.05) is 24.3 Å². The van der Waals surface area contributed by atoms with E-state index in [4.69, 9.17) is 9.47 Å². The second-order valence-electron chi connectivity index (χ2n) is 6.03. The summed E-state index contributed by atoms with van der Waals surface area (Å²) in [5.41, 5.74) is 5.50. The first kappa shape index (κ1) is 16.9. The molecule has 0 aliphatic heterocycles. The smallest absolute Gasteiger partial charge is 0.161 e. The fraction of sp³-hybridized carbons (Fsp3) is 0.143. The molecule has 6 heteroatoms. The zero-order chi connectivity index (χ0) is 18.8. The number of hydrogen-bond acceptors (Lipinski definition) is 6. The fourth-order valence-electron chi connectivity index (χ4n) is 3.08. The first-order chi connectivity index (χ1) is 13.2. The van der Waals surface area contributed by atoms with Gasteiger partial charge in [0.05, 0.1) is 26.1 Å². The number of methoxy groups -OCH3 is 2. The van der Waals surface area contributed by atoms with Gasteiger partial charge in [0.15, 0.2) is 11.5 Å². The van der Waals surface area contributed by atoms with E-state index >= 15 is 0 Å². The van der Waals surface area contributed by atoms with Crippen LogP contribution >= 0.6 is 0 Å². The highest BCUT2D eigenvalue weighted by Gasteiger charge is 2.26. The van der Waals surface area contributed by atoms with Crippen molar-refractivity contribution in [3.63, 3.8) is 0 Å². The van der Waals surface area contributed by atoms with Gasteiger partial charge in [-0.15, -0.1) is 5.10 Å². The van der Waals surface area contributed by atoms with Crippen LogP contribution in [-0.2, 0) is 0 Å². The molecule has 0 atom stereocenters. The Morgan fingerprint density at radius 1 is 0.926 bits per heavy atom. The third-order valence-electron chi connectivity index (χ3n) is 4.37. The number of ether oxygens (including phenoxy) is 2. The van der Waals surface area contributed by atoms with Crippen LogP contribution in [0.5, 0.6) is 11.5 Å². The van der Waals surface area contributed by atoms with Crippen molar-refractivity contribution >= 4 is 11.9 Å². The van der Waals surface area contributed by atoms with E-state index in [9.17, 15) is 0 Å². The van der Waals surface area contributed by atoms with Gasteiger partial charge in [0.2, 0.25) is 0 Å². The van der Waals surface area contributed by atoms with Crippen LogP contribution < -0.4 is 9.47 Å². The fourth-order valence-corrected chi connectivity index (χ4v) is 3.08. The van der Waals surface area contributed by atoms with Crippen molar-refractivity contribution in [1.82, 2.24) is 9.97 Å². The maximum Gasteiger partial charge on any atom is 0.161 e. The number of rotatable bonds is 4. The standard InChI is InChI=1S/C21H18N4O2/c1-13-22-12-17-20(24-13)15-6-4-5-7-16(15)21(17)25-23-11-14-8-9-18(26-2)19(10-14)27-3/h4-12H,1-3H3/b23-11+,25-21-. The molecule has 0 amide bonds. The summed E-state index contributed by atoms with van der Waals surface area (Å²) in [6.45, 7) is 1.88. The molecule has 3 aromatic rings. The molecule has 0 N–H and O–H groups in total. The average Bonchev–Trinajstić information content (AvgIpc) is 3.01. The van der Waals surface area contributed by atoms with Gasteiger partial charge < -0.3 is 9.47 Å².